The maximum Gasteiger partial charge on any atom is 0.227 e. The van der Waals surface area contributed by atoms with Crippen LogP contribution in [0, 0.1) is 0 Å². The van der Waals surface area contributed by atoms with Crippen molar-refractivity contribution in [3.8, 4) is 22.9 Å². The molecule has 1 amide bonds. The zero-order valence-electron chi connectivity index (χ0n) is 19.2. The first-order valence-electron chi connectivity index (χ1n) is 11.3. The Morgan fingerprint density at radius 3 is 2.52 bits per heavy atom. The summed E-state index contributed by atoms with van der Waals surface area (Å²) in [4.78, 5) is 19.1. The van der Waals surface area contributed by atoms with Crippen molar-refractivity contribution in [1.29, 1.82) is 0 Å². The van der Waals surface area contributed by atoms with Crippen LogP contribution in [0.4, 0.5) is 5.69 Å². The molecule has 1 fully saturated rings. The summed E-state index contributed by atoms with van der Waals surface area (Å²) in [6.07, 6.45) is 4.46. The number of amides is 1. The minimum absolute atomic E-state index is 0.0876. The first-order chi connectivity index (χ1) is 16.2. The number of carbonyl (C=O) groups excluding carboxylic acids is 1. The lowest BCUT2D eigenvalue weighted by atomic mass is 10.1. The predicted octanol–water partition coefficient (Wildman–Crippen LogP) is 3.99. The maximum atomic E-state index is 12.3. The van der Waals surface area contributed by atoms with Crippen LogP contribution in [0.1, 0.15) is 37.1 Å². The molecule has 8 heteroatoms. The van der Waals surface area contributed by atoms with Crippen LogP contribution in [0.3, 0.4) is 0 Å². The van der Waals surface area contributed by atoms with Crippen LogP contribution < -0.4 is 19.7 Å². The second kappa shape index (κ2) is 10.8. The molecule has 0 spiro atoms. The van der Waals surface area contributed by atoms with Crippen molar-refractivity contribution in [2.24, 2.45) is 0 Å². The summed E-state index contributed by atoms with van der Waals surface area (Å²) >= 11 is 0. The minimum atomic E-state index is -0.0876. The molecule has 8 nitrogen and oxygen atoms in total. The number of methoxy groups -OCH3 is 2. The van der Waals surface area contributed by atoms with E-state index >= 15 is 0 Å². The normalized spacial score (nSPS) is 13.6. The van der Waals surface area contributed by atoms with Gasteiger partial charge in [-0.05, 0) is 61.2 Å². The lowest BCUT2D eigenvalue weighted by molar-refractivity contribution is -0.121. The van der Waals surface area contributed by atoms with Crippen LogP contribution in [0.25, 0.3) is 11.4 Å². The highest BCUT2D eigenvalue weighted by Gasteiger charge is 2.14. The van der Waals surface area contributed by atoms with Gasteiger partial charge >= 0.3 is 0 Å². The molecular weight excluding hydrogens is 420 g/mol. The lowest BCUT2D eigenvalue weighted by Gasteiger charge is -2.28. The Bertz CT molecular complexity index is 1060. The van der Waals surface area contributed by atoms with Gasteiger partial charge in [0.05, 0.1) is 14.2 Å². The number of hydrogen-bond donors (Lipinski definition) is 1. The van der Waals surface area contributed by atoms with Crippen molar-refractivity contribution < 1.29 is 18.8 Å². The molecule has 0 aliphatic carbocycles. The van der Waals surface area contributed by atoms with Crippen LogP contribution in [-0.2, 0) is 17.8 Å². The molecule has 2 aromatic carbocycles. The van der Waals surface area contributed by atoms with Crippen molar-refractivity contribution in [3.63, 3.8) is 0 Å². The van der Waals surface area contributed by atoms with Crippen molar-refractivity contribution >= 4 is 11.6 Å². The van der Waals surface area contributed by atoms with E-state index in [1.165, 1.54) is 24.9 Å². The van der Waals surface area contributed by atoms with Crippen LogP contribution in [-0.4, -0.2) is 43.4 Å². The van der Waals surface area contributed by atoms with E-state index in [-0.39, 0.29) is 12.3 Å². The molecule has 33 heavy (non-hydrogen) atoms. The van der Waals surface area contributed by atoms with E-state index in [9.17, 15) is 4.79 Å². The zero-order chi connectivity index (χ0) is 23.0. The molecule has 174 valence electrons. The first-order valence-corrected chi connectivity index (χ1v) is 11.3. The van der Waals surface area contributed by atoms with Gasteiger partial charge in [0.2, 0.25) is 17.6 Å². The molecule has 1 aliphatic rings. The average molecular weight is 451 g/mol. The number of piperidine rings is 1. The summed E-state index contributed by atoms with van der Waals surface area (Å²) in [5, 5.41) is 6.98. The third-order valence-corrected chi connectivity index (χ3v) is 5.82. The van der Waals surface area contributed by atoms with Crippen molar-refractivity contribution in [2.75, 3.05) is 32.2 Å². The number of nitrogens with one attached hydrogen (secondary N) is 1. The fraction of sp³-hybridized carbons (Fsp3) is 0.400. The number of anilines is 1. The molecule has 2 heterocycles. The highest BCUT2D eigenvalue weighted by atomic mass is 16.5. The van der Waals surface area contributed by atoms with Crippen LogP contribution >= 0.6 is 0 Å². The summed E-state index contributed by atoms with van der Waals surface area (Å²) in [5.41, 5.74) is 3.06. The van der Waals surface area contributed by atoms with Crippen LogP contribution in [0.2, 0.25) is 0 Å². The summed E-state index contributed by atoms with van der Waals surface area (Å²) in [5.74, 6) is 2.19. The number of carbonyl (C=O) groups is 1. The summed E-state index contributed by atoms with van der Waals surface area (Å²) in [6.45, 7) is 2.62. The van der Waals surface area contributed by atoms with Gasteiger partial charge in [-0.15, -0.1) is 0 Å². The Morgan fingerprint density at radius 2 is 1.79 bits per heavy atom. The zero-order valence-corrected chi connectivity index (χ0v) is 19.2. The number of aromatic nitrogens is 2. The number of rotatable bonds is 9. The van der Waals surface area contributed by atoms with E-state index in [1.807, 2.05) is 30.3 Å². The molecule has 0 atom stereocenters. The Kier molecular flexibility index (Phi) is 7.44. The molecule has 3 aromatic rings. The quantitative estimate of drug-likeness (QED) is 0.527. The molecule has 0 bridgehead atoms. The third-order valence-electron chi connectivity index (χ3n) is 5.82. The van der Waals surface area contributed by atoms with E-state index in [1.54, 1.807) is 14.2 Å². The van der Waals surface area contributed by atoms with Gasteiger partial charge in [0.1, 0.15) is 0 Å². The van der Waals surface area contributed by atoms with Gasteiger partial charge in [-0.2, -0.15) is 4.98 Å². The fourth-order valence-corrected chi connectivity index (χ4v) is 3.95. The van der Waals surface area contributed by atoms with Crippen LogP contribution in [0.15, 0.2) is 47.0 Å². The number of nitrogens with zero attached hydrogens (tertiary/aromatic N) is 3. The molecule has 0 unspecified atom stereocenters. The molecule has 1 N–H and O–H groups in total. The molecule has 1 aromatic heterocycles. The van der Waals surface area contributed by atoms with Crippen LogP contribution in [0.5, 0.6) is 11.5 Å². The second-order valence-corrected chi connectivity index (χ2v) is 8.07. The van der Waals surface area contributed by atoms with Gasteiger partial charge in [-0.25, -0.2) is 0 Å². The largest absolute Gasteiger partial charge is 0.493 e. The van der Waals surface area contributed by atoms with Gasteiger partial charge in [0.25, 0.3) is 0 Å². The molecular formula is C25H30N4O4. The highest BCUT2D eigenvalue weighted by molar-refractivity contribution is 5.76. The van der Waals surface area contributed by atoms with Crippen molar-refractivity contribution in [1.82, 2.24) is 15.5 Å². The number of benzene rings is 2. The topological polar surface area (TPSA) is 89.7 Å². The van der Waals surface area contributed by atoms with E-state index in [4.69, 9.17) is 14.0 Å². The Balaban J connectivity index is 1.27. The van der Waals surface area contributed by atoms with Crippen molar-refractivity contribution in [2.45, 2.75) is 38.6 Å². The van der Waals surface area contributed by atoms with Crippen molar-refractivity contribution in [3.05, 3.63) is 53.9 Å². The Hall–Kier alpha value is -3.55. The summed E-state index contributed by atoms with van der Waals surface area (Å²) in [7, 11) is 3.18. The molecule has 0 radical (unpaired) electrons. The Labute approximate surface area is 193 Å². The summed E-state index contributed by atoms with van der Waals surface area (Å²) < 4.78 is 15.9. The number of aryl methyl sites for hydroxylation is 1. The third kappa shape index (κ3) is 5.83. The van der Waals surface area contributed by atoms with Gasteiger partial charge in [-0.3, -0.25) is 4.79 Å². The monoisotopic (exact) mass is 450 g/mol. The van der Waals surface area contributed by atoms with Gasteiger partial charge in [0, 0.05) is 43.7 Å². The predicted molar refractivity (Wildman–Crippen MR) is 126 cm³/mol. The fourth-order valence-electron chi connectivity index (χ4n) is 3.95. The van der Waals surface area contributed by atoms with Gasteiger partial charge in [-0.1, -0.05) is 11.2 Å². The number of ether oxygens (including phenoxy) is 2. The highest BCUT2D eigenvalue weighted by Crippen LogP contribution is 2.27. The molecule has 1 saturated heterocycles. The van der Waals surface area contributed by atoms with Gasteiger partial charge < -0.3 is 24.2 Å². The van der Waals surface area contributed by atoms with E-state index in [0.717, 1.165) is 24.2 Å². The summed E-state index contributed by atoms with van der Waals surface area (Å²) in [6, 6.07) is 13.8. The Morgan fingerprint density at radius 1 is 1.03 bits per heavy atom. The first kappa shape index (κ1) is 22.6. The smallest absolute Gasteiger partial charge is 0.227 e. The van der Waals surface area contributed by atoms with Gasteiger partial charge in [0.15, 0.2) is 11.5 Å². The maximum absolute atomic E-state index is 12.3. The minimum Gasteiger partial charge on any atom is -0.493 e. The lowest BCUT2D eigenvalue weighted by Crippen LogP contribution is -2.29. The second-order valence-electron chi connectivity index (χ2n) is 8.07. The standard InChI is InChI=1S/C25H30N4O4/c1-31-21-11-6-18(16-22(21)32-2)17-26-23(30)12-13-24-27-25(28-33-24)19-7-9-20(10-8-19)29-14-4-3-5-15-29/h6-11,16H,3-5,12-15,17H2,1-2H3,(H,26,30). The van der Waals surface area contributed by atoms with E-state index in [0.29, 0.717) is 36.2 Å². The van der Waals surface area contributed by atoms with E-state index in [2.05, 4.69) is 32.5 Å². The molecule has 1 aliphatic heterocycles. The van der Waals surface area contributed by atoms with E-state index < -0.39 is 0 Å². The average Bonchev–Trinajstić information content (AvgIpc) is 3.36. The SMILES string of the molecule is COc1ccc(CNC(=O)CCc2nc(-c3ccc(N4CCCCC4)cc3)no2)cc1OC. The molecule has 4 rings (SSSR count). The number of hydrogen-bond acceptors (Lipinski definition) is 7. The molecule has 0 saturated carbocycles.